The van der Waals surface area contributed by atoms with E-state index in [0.717, 1.165) is 24.2 Å². The van der Waals surface area contributed by atoms with Crippen molar-refractivity contribution < 1.29 is 9.53 Å². The summed E-state index contributed by atoms with van der Waals surface area (Å²) in [4.78, 5) is 17.1. The monoisotopic (exact) mass is 429 g/mol. The molecule has 0 fully saturated rings. The van der Waals surface area contributed by atoms with Crippen LogP contribution < -0.4 is 19.9 Å². The van der Waals surface area contributed by atoms with Gasteiger partial charge >= 0.3 is 0 Å². The zero-order valence-corrected chi connectivity index (χ0v) is 19.0. The second-order valence-electron chi connectivity index (χ2n) is 8.48. The summed E-state index contributed by atoms with van der Waals surface area (Å²) in [5, 5.41) is 3.10. The van der Waals surface area contributed by atoms with Crippen LogP contribution in [-0.2, 0) is 11.2 Å². The van der Waals surface area contributed by atoms with E-state index in [1.165, 1.54) is 16.8 Å². The summed E-state index contributed by atoms with van der Waals surface area (Å²) in [6.45, 7) is 3.47. The molecule has 1 aliphatic rings. The number of nitrogens with one attached hydrogen (secondary N) is 1. The van der Waals surface area contributed by atoms with Crippen LogP contribution in [0, 0.1) is 6.92 Å². The third-order valence-electron chi connectivity index (χ3n) is 5.95. The molecule has 3 aromatic rings. The summed E-state index contributed by atoms with van der Waals surface area (Å²) in [5.74, 6) is 0.596. The van der Waals surface area contributed by atoms with E-state index in [-0.39, 0.29) is 18.6 Å². The third kappa shape index (κ3) is 5.05. The molecule has 0 aliphatic carbocycles. The van der Waals surface area contributed by atoms with Gasteiger partial charge in [0.2, 0.25) is 0 Å². The molecule has 0 aromatic heterocycles. The van der Waals surface area contributed by atoms with Gasteiger partial charge in [0.05, 0.1) is 6.04 Å². The number of carbonyl (C=O) groups is 1. The lowest BCUT2D eigenvalue weighted by atomic mass is 10.0. The number of nitrogens with zero attached hydrogens (tertiary/aromatic N) is 2. The number of hydrogen-bond donors (Lipinski definition) is 1. The normalized spacial score (nSPS) is 13.4. The maximum absolute atomic E-state index is 12.6. The van der Waals surface area contributed by atoms with Crippen molar-refractivity contribution in [1.82, 2.24) is 5.32 Å². The molecular formula is C27H31N3O2. The number of amides is 1. The van der Waals surface area contributed by atoms with E-state index in [0.29, 0.717) is 12.3 Å². The van der Waals surface area contributed by atoms with Gasteiger partial charge < -0.3 is 19.9 Å². The fourth-order valence-electron chi connectivity index (χ4n) is 4.21. The van der Waals surface area contributed by atoms with Crippen LogP contribution in [0.2, 0.25) is 0 Å². The highest BCUT2D eigenvalue weighted by atomic mass is 16.5. The SMILES string of the molecule is Cc1cccc(OCC(=O)NC[C@H](c2ccc(N(C)C)cc2)N2CCc3ccccc32)c1. The number of ether oxygens (including phenoxy) is 1. The van der Waals surface area contributed by atoms with Crippen LogP contribution in [0.3, 0.4) is 0 Å². The van der Waals surface area contributed by atoms with Gasteiger partial charge in [-0.1, -0.05) is 42.5 Å². The minimum Gasteiger partial charge on any atom is -0.484 e. The molecule has 166 valence electrons. The van der Waals surface area contributed by atoms with E-state index in [4.69, 9.17) is 4.74 Å². The molecule has 4 rings (SSSR count). The van der Waals surface area contributed by atoms with Crippen molar-refractivity contribution in [3.05, 3.63) is 89.5 Å². The molecule has 1 atom stereocenters. The maximum atomic E-state index is 12.6. The lowest BCUT2D eigenvalue weighted by molar-refractivity contribution is -0.123. The van der Waals surface area contributed by atoms with Gasteiger partial charge in [-0.3, -0.25) is 4.79 Å². The van der Waals surface area contributed by atoms with E-state index >= 15 is 0 Å². The van der Waals surface area contributed by atoms with Crippen molar-refractivity contribution in [2.45, 2.75) is 19.4 Å². The number of rotatable bonds is 8. The minimum atomic E-state index is -0.117. The third-order valence-corrected chi connectivity index (χ3v) is 5.95. The summed E-state index contributed by atoms with van der Waals surface area (Å²) < 4.78 is 5.68. The Balaban J connectivity index is 1.47. The van der Waals surface area contributed by atoms with Gasteiger partial charge in [0.1, 0.15) is 5.75 Å². The topological polar surface area (TPSA) is 44.8 Å². The van der Waals surface area contributed by atoms with Gasteiger partial charge in [0.15, 0.2) is 6.61 Å². The average Bonchev–Trinajstić information content (AvgIpc) is 3.22. The Labute approximate surface area is 190 Å². The lowest BCUT2D eigenvalue weighted by Gasteiger charge is -2.31. The highest BCUT2D eigenvalue weighted by Gasteiger charge is 2.27. The van der Waals surface area contributed by atoms with Gasteiger partial charge in [0, 0.05) is 38.6 Å². The van der Waals surface area contributed by atoms with Crippen LogP contribution in [-0.4, -0.2) is 39.7 Å². The van der Waals surface area contributed by atoms with E-state index in [1.807, 2.05) is 45.3 Å². The van der Waals surface area contributed by atoms with Crippen LogP contribution >= 0.6 is 0 Å². The van der Waals surface area contributed by atoms with Crippen molar-refractivity contribution in [3.8, 4) is 5.75 Å². The number of benzene rings is 3. The standard InChI is InChI=1S/C27H31N3O2/c1-20-7-6-9-24(17-20)32-19-27(31)28-18-26(22-11-13-23(14-12-22)29(2)3)30-16-15-21-8-4-5-10-25(21)30/h4-14,17,26H,15-16,18-19H2,1-3H3,(H,28,31)/t26-/m1/s1. The van der Waals surface area contributed by atoms with Crippen molar-refractivity contribution in [2.24, 2.45) is 0 Å². The smallest absolute Gasteiger partial charge is 0.258 e. The Kier molecular flexibility index (Phi) is 6.64. The molecule has 1 N–H and O–H groups in total. The summed E-state index contributed by atoms with van der Waals surface area (Å²) in [7, 11) is 4.08. The number of hydrogen-bond acceptors (Lipinski definition) is 4. The molecule has 0 bridgehead atoms. The van der Waals surface area contributed by atoms with E-state index in [9.17, 15) is 4.79 Å². The molecule has 1 aliphatic heterocycles. The predicted octanol–water partition coefficient (Wildman–Crippen LogP) is 4.36. The Morgan fingerprint density at radius 1 is 1.06 bits per heavy atom. The summed E-state index contributed by atoms with van der Waals surface area (Å²) in [6, 6.07) is 24.9. The minimum absolute atomic E-state index is 0.00628. The largest absolute Gasteiger partial charge is 0.484 e. The fourth-order valence-corrected chi connectivity index (χ4v) is 4.21. The van der Waals surface area contributed by atoms with E-state index < -0.39 is 0 Å². The van der Waals surface area contributed by atoms with Crippen LogP contribution in [0.15, 0.2) is 72.8 Å². The van der Waals surface area contributed by atoms with Gasteiger partial charge in [-0.15, -0.1) is 0 Å². The second kappa shape index (κ2) is 9.77. The Morgan fingerprint density at radius 3 is 2.59 bits per heavy atom. The maximum Gasteiger partial charge on any atom is 0.258 e. The predicted molar refractivity (Wildman–Crippen MR) is 131 cm³/mol. The first-order valence-corrected chi connectivity index (χ1v) is 11.1. The molecule has 1 amide bonds. The van der Waals surface area contributed by atoms with Crippen LogP contribution in [0.5, 0.6) is 5.75 Å². The highest BCUT2D eigenvalue weighted by Crippen LogP contribution is 2.35. The number of aryl methyl sites for hydroxylation is 1. The molecule has 0 radical (unpaired) electrons. The Bertz CT molecular complexity index is 1060. The zero-order chi connectivity index (χ0) is 22.5. The van der Waals surface area contributed by atoms with Crippen LogP contribution in [0.4, 0.5) is 11.4 Å². The van der Waals surface area contributed by atoms with E-state index in [1.54, 1.807) is 0 Å². The highest BCUT2D eigenvalue weighted by molar-refractivity contribution is 5.77. The molecule has 3 aromatic carbocycles. The summed E-state index contributed by atoms with van der Waals surface area (Å²) in [6.07, 6.45) is 1.02. The first-order chi connectivity index (χ1) is 15.5. The lowest BCUT2D eigenvalue weighted by Crippen LogP contribution is -2.39. The molecule has 5 heteroatoms. The number of carbonyl (C=O) groups excluding carboxylic acids is 1. The summed E-state index contributed by atoms with van der Waals surface area (Å²) in [5.41, 5.74) is 6.06. The number of para-hydroxylation sites is 1. The molecule has 0 unspecified atom stereocenters. The van der Waals surface area contributed by atoms with Crippen molar-refractivity contribution in [2.75, 3.05) is 43.6 Å². The van der Waals surface area contributed by atoms with Gasteiger partial charge in [-0.2, -0.15) is 0 Å². The molecular weight excluding hydrogens is 398 g/mol. The number of fused-ring (bicyclic) bond motifs is 1. The van der Waals surface area contributed by atoms with Crippen molar-refractivity contribution in [1.29, 1.82) is 0 Å². The Hall–Kier alpha value is -3.47. The Morgan fingerprint density at radius 2 is 1.84 bits per heavy atom. The van der Waals surface area contributed by atoms with Crippen molar-refractivity contribution >= 4 is 17.3 Å². The van der Waals surface area contributed by atoms with Crippen LogP contribution in [0.25, 0.3) is 0 Å². The molecule has 5 nitrogen and oxygen atoms in total. The van der Waals surface area contributed by atoms with Gasteiger partial charge in [0.25, 0.3) is 5.91 Å². The zero-order valence-electron chi connectivity index (χ0n) is 19.0. The molecule has 1 heterocycles. The average molecular weight is 430 g/mol. The van der Waals surface area contributed by atoms with Crippen LogP contribution in [0.1, 0.15) is 22.7 Å². The number of anilines is 2. The summed E-state index contributed by atoms with van der Waals surface area (Å²) >= 11 is 0. The van der Waals surface area contributed by atoms with Crippen molar-refractivity contribution in [3.63, 3.8) is 0 Å². The first kappa shape index (κ1) is 21.8. The first-order valence-electron chi connectivity index (χ1n) is 11.1. The van der Waals surface area contributed by atoms with Gasteiger partial charge in [-0.05, 0) is 60.4 Å². The molecule has 0 saturated carbocycles. The van der Waals surface area contributed by atoms with Gasteiger partial charge in [-0.25, -0.2) is 0 Å². The molecule has 0 spiro atoms. The molecule has 0 saturated heterocycles. The van der Waals surface area contributed by atoms with E-state index in [2.05, 4.69) is 63.6 Å². The molecule has 32 heavy (non-hydrogen) atoms. The quantitative estimate of drug-likeness (QED) is 0.578. The second-order valence-corrected chi connectivity index (χ2v) is 8.48. The fraction of sp³-hybridized carbons (Fsp3) is 0.296.